The van der Waals surface area contributed by atoms with Crippen LogP contribution < -0.4 is 10.1 Å². The summed E-state index contributed by atoms with van der Waals surface area (Å²) in [6.07, 6.45) is 2.15. The zero-order valence-corrected chi connectivity index (χ0v) is 10.4. The maximum atomic E-state index is 13.0. The average Bonchev–Trinajstić information content (AvgIpc) is 2.90. The maximum Gasteiger partial charge on any atom is 0.241 e. The lowest BCUT2D eigenvalue weighted by Gasteiger charge is -2.17. The van der Waals surface area contributed by atoms with Crippen LogP contribution in [0.2, 0.25) is 0 Å². The third-order valence-corrected chi connectivity index (χ3v) is 3.05. The standard InChI is InChI=1S/C13H17FN2O2/c1-18-12-8-10(14)4-5-11(12)15-9-13(17)16-6-2-3-7-16/h4-5,8,15H,2-3,6-7,9H2,1H3. The highest BCUT2D eigenvalue weighted by Crippen LogP contribution is 2.24. The van der Waals surface area contributed by atoms with Crippen molar-refractivity contribution in [3.05, 3.63) is 24.0 Å². The number of ether oxygens (including phenoxy) is 1. The number of halogens is 1. The summed E-state index contributed by atoms with van der Waals surface area (Å²) >= 11 is 0. The number of amides is 1. The molecule has 2 rings (SSSR count). The molecule has 1 amide bonds. The molecule has 0 aliphatic carbocycles. The van der Waals surface area contributed by atoms with Crippen LogP contribution >= 0.6 is 0 Å². The fourth-order valence-electron chi connectivity index (χ4n) is 2.06. The van der Waals surface area contributed by atoms with E-state index in [-0.39, 0.29) is 18.3 Å². The van der Waals surface area contributed by atoms with Gasteiger partial charge in [0.1, 0.15) is 11.6 Å². The third kappa shape index (κ3) is 2.91. The molecular formula is C13H17FN2O2. The fraction of sp³-hybridized carbons (Fsp3) is 0.462. The van der Waals surface area contributed by atoms with Gasteiger partial charge in [-0.1, -0.05) is 0 Å². The second-order valence-electron chi connectivity index (χ2n) is 4.29. The van der Waals surface area contributed by atoms with E-state index in [2.05, 4.69) is 5.32 Å². The van der Waals surface area contributed by atoms with Crippen LogP contribution in [0.5, 0.6) is 5.75 Å². The Bertz CT molecular complexity index is 431. The van der Waals surface area contributed by atoms with E-state index >= 15 is 0 Å². The minimum absolute atomic E-state index is 0.0684. The number of nitrogens with one attached hydrogen (secondary N) is 1. The molecule has 1 aromatic rings. The summed E-state index contributed by atoms with van der Waals surface area (Å²) in [7, 11) is 1.47. The van der Waals surface area contributed by atoms with E-state index in [4.69, 9.17) is 4.74 Å². The van der Waals surface area contributed by atoms with Crippen LogP contribution in [0.1, 0.15) is 12.8 Å². The Morgan fingerprint density at radius 1 is 1.44 bits per heavy atom. The Morgan fingerprint density at radius 3 is 2.83 bits per heavy atom. The zero-order valence-electron chi connectivity index (χ0n) is 10.4. The molecule has 0 atom stereocenters. The molecule has 98 valence electrons. The predicted molar refractivity (Wildman–Crippen MR) is 67.3 cm³/mol. The summed E-state index contributed by atoms with van der Waals surface area (Å²) in [6.45, 7) is 1.88. The Balaban J connectivity index is 1.95. The van der Waals surface area contributed by atoms with Gasteiger partial charge in [0.25, 0.3) is 0 Å². The van der Waals surface area contributed by atoms with Gasteiger partial charge in [0, 0.05) is 19.2 Å². The van der Waals surface area contributed by atoms with Gasteiger partial charge in [0.2, 0.25) is 5.91 Å². The summed E-state index contributed by atoms with van der Waals surface area (Å²) in [6, 6.07) is 4.21. The topological polar surface area (TPSA) is 41.6 Å². The van der Waals surface area contributed by atoms with Crippen LogP contribution in [-0.2, 0) is 4.79 Å². The molecule has 0 unspecified atom stereocenters. The molecule has 1 N–H and O–H groups in total. The highest BCUT2D eigenvalue weighted by Gasteiger charge is 2.17. The van der Waals surface area contributed by atoms with E-state index in [1.54, 1.807) is 6.07 Å². The number of nitrogens with zero attached hydrogens (tertiary/aromatic N) is 1. The van der Waals surface area contributed by atoms with E-state index in [0.29, 0.717) is 11.4 Å². The number of rotatable bonds is 4. The number of hydrogen-bond acceptors (Lipinski definition) is 3. The quantitative estimate of drug-likeness (QED) is 0.889. The molecule has 1 saturated heterocycles. The van der Waals surface area contributed by atoms with Gasteiger partial charge in [-0.2, -0.15) is 0 Å². The Hall–Kier alpha value is -1.78. The van der Waals surface area contributed by atoms with Crippen molar-refractivity contribution in [2.75, 3.05) is 32.1 Å². The van der Waals surface area contributed by atoms with Gasteiger partial charge < -0.3 is 15.0 Å². The number of anilines is 1. The molecular weight excluding hydrogens is 235 g/mol. The zero-order chi connectivity index (χ0) is 13.0. The number of carbonyl (C=O) groups excluding carboxylic acids is 1. The van der Waals surface area contributed by atoms with E-state index in [1.807, 2.05) is 4.90 Å². The molecule has 0 spiro atoms. The van der Waals surface area contributed by atoms with Crippen LogP contribution in [0, 0.1) is 5.82 Å². The average molecular weight is 252 g/mol. The molecule has 1 fully saturated rings. The van der Waals surface area contributed by atoms with Crippen LogP contribution in [0.4, 0.5) is 10.1 Å². The van der Waals surface area contributed by atoms with Gasteiger partial charge in [0.15, 0.2) is 0 Å². The fourth-order valence-corrected chi connectivity index (χ4v) is 2.06. The summed E-state index contributed by atoms with van der Waals surface area (Å²) in [4.78, 5) is 13.7. The van der Waals surface area contributed by atoms with Gasteiger partial charge in [-0.05, 0) is 25.0 Å². The number of likely N-dealkylation sites (tertiary alicyclic amines) is 1. The van der Waals surface area contributed by atoms with Crippen molar-refractivity contribution in [2.45, 2.75) is 12.8 Å². The van der Waals surface area contributed by atoms with Crippen LogP contribution in [0.15, 0.2) is 18.2 Å². The highest BCUT2D eigenvalue weighted by atomic mass is 19.1. The lowest BCUT2D eigenvalue weighted by atomic mass is 10.3. The van der Waals surface area contributed by atoms with Crippen LogP contribution in [0.25, 0.3) is 0 Å². The van der Waals surface area contributed by atoms with Crippen LogP contribution in [0.3, 0.4) is 0 Å². The number of methoxy groups -OCH3 is 1. The summed E-state index contributed by atoms with van der Waals surface area (Å²) in [5.41, 5.74) is 0.631. The molecule has 0 bridgehead atoms. The molecule has 5 heteroatoms. The predicted octanol–water partition coefficient (Wildman–Crippen LogP) is 1.87. The van der Waals surface area contributed by atoms with Crippen LogP contribution in [-0.4, -0.2) is 37.6 Å². The van der Waals surface area contributed by atoms with E-state index < -0.39 is 0 Å². The second-order valence-corrected chi connectivity index (χ2v) is 4.29. The first-order valence-electron chi connectivity index (χ1n) is 6.06. The SMILES string of the molecule is COc1cc(F)ccc1NCC(=O)N1CCCC1. The first-order valence-corrected chi connectivity index (χ1v) is 6.06. The molecule has 0 aromatic heterocycles. The van der Waals surface area contributed by atoms with Crippen molar-refractivity contribution in [3.8, 4) is 5.75 Å². The van der Waals surface area contributed by atoms with Gasteiger partial charge in [-0.25, -0.2) is 4.39 Å². The lowest BCUT2D eigenvalue weighted by Crippen LogP contribution is -2.33. The van der Waals surface area contributed by atoms with Crippen molar-refractivity contribution < 1.29 is 13.9 Å². The van der Waals surface area contributed by atoms with Gasteiger partial charge in [-0.15, -0.1) is 0 Å². The van der Waals surface area contributed by atoms with Crippen molar-refractivity contribution >= 4 is 11.6 Å². The number of benzene rings is 1. The molecule has 1 heterocycles. The first-order chi connectivity index (χ1) is 8.70. The summed E-state index contributed by atoms with van der Waals surface area (Å²) < 4.78 is 18.1. The molecule has 0 radical (unpaired) electrons. The molecule has 1 aliphatic rings. The van der Waals surface area contributed by atoms with Gasteiger partial charge in [-0.3, -0.25) is 4.79 Å². The number of hydrogen-bond donors (Lipinski definition) is 1. The third-order valence-electron chi connectivity index (χ3n) is 3.05. The molecule has 0 saturated carbocycles. The number of carbonyl (C=O) groups is 1. The van der Waals surface area contributed by atoms with Gasteiger partial charge in [0.05, 0.1) is 19.3 Å². The van der Waals surface area contributed by atoms with E-state index in [0.717, 1.165) is 25.9 Å². The minimum atomic E-state index is -0.358. The van der Waals surface area contributed by atoms with Gasteiger partial charge >= 0.3 is 0 Å². The first kappa shape index (κ1) is 12.7. The van der Waals surface area contributed by atoms with E-state index in [9.17, 15) is 9.18 Å². The second kappa shape index (κ2) is 5.71. The molecule has 4 nitrogen and oxygen atoms in total. The minimum Gasteiger partial charge on any atom is -0.494 e. The lowest BCUT2D eigenvalue weighted by molar-refractivity contribution is -0.128. The molecule has 1 aromatic carbocycles. The molecule has 18 heavy (non-hydrogen) atoms. The molecule has 1 aliphatic heterocycles. The van der Waals surface area contributed by atoms with Crippen molar-refractivity contribution in [1.29, 1.82) is 0 Å². The Labute approximate surface area is 106 Å². The monoisotopic (exact) mass is 252 g/mol. The maximum absolute atomic E-state index is 13.0. The van der Waals surface area contributed by atoms with Crippen molar-refractivity contribution in [1.82, 2.24) is 4.90 Å². The normalized spacial score (nSPS) is 14.7. The van der Waals surface area contributed by atoms with E-state index in [1.165, 1.54) is 19.2 Å². The van der Waals surface area contributed by atoms with Crippen molar-refractivity contribution in [2.24, 2.45) is 0 Å². The summed E-state index contributed by atoms with van der Waals surface area (Å²) in [5.74, 6) is 0.117. The Kier molecular flexibility index (Phi) is 4.02. The van der Waals surface area contributed by atoms with Crippen molar-refractivity contribution in [3.63, 3.8) is 0 Å². The Morgan fingerprint density at radius 2 is 2.17 bits per heavy atom. The smallest absolute Gasteiger partial charge is 0.241 e. The largest absolute Gasteiger partial charge is 0.494 e. The summed E-state index contributed by atoms with van der Waals surface area (Å²) in [5, 5.41) is 2.99. The highest BCUT2D eigenvalue weighted by molar-refractivity contribution is 5.81.